The highest BCUT2D eigenvalue weighted by molar-refractivity contribution is 7.16. The van der Waals surface area contributed by atoms with Gasteiger partial charge in [0.25, 0.3) is 0 Å². The van der Waals surface area contributed by atoms with Gasteiger partial charge in [0.2, 0.25) is 10.6 Å². The van der Waals surface area contributed by atoms with Gasteiger partial charge in [-0.25, -0.2) is 0 Å². The highest BCUT2D eigenvalue weighted by Gasteiger charge is 2.17. The lowest BCUT2D eigenvalue weighted by atomic mass is 10.0. The summed E-state index contributed by atoms with van der Waals surface area (Å²) in [5.41, 5.74) is 0.359. The summed E-state index contributed by atoms with van der Waals surface area (Å²) in [6.45, 7) is 0. The number of aryl methyl sites for hydroxylation is 1. The Balaban J connectivity index is 1.67. The number of aromatic amines is 1. The molecule has 0 saturated heterocycles. The first-order valence-corrected chi connectivity index (χ1v) is 7.72. The van der Waals surface area contributed by atoms with Crippen LogP contribution >= 0.6 is 11.3 Å². The molecule has 0 bridgehead atoms. The van der Waals surface area contributed by atoms with Crippen molar-refractivity contribution in [2.45, 2.75) is 38.5 Å². The van der Waals surface area contributed by atoms with E-state index >= 15 is 0 Å². The molecule has 3 aromatic rings. The molecule has 1 aliphatic carbocycles. The summed E-state index contributed by atoms with van der Waals surface area (Å²) in [5, 5.41) is 15.5. The molecule has 0 unspecified atom stereocenters. The van der Waals surface area contributed by atoms with E-state index in [1.807, 2.05) is 0 Å². The van der Waals surface area contributed by atoms with Crippen molar-refractivity contribution in [3.05, 3.63) is 15.4 Å². The molecule has 7 nitrogen and oxygen atoms in total. The van der Waals surface area contributed by atoms with E-state index in [-0.39, 0.29) is 11.1 Å². The van der Waals surface area contributed by atoms with E-state index in [1.165, 1.54) is 41.5 Å². The van der Waals surface area contributed by atoms with Gasteiger partial charge in [0.05, 0.1) is 0 Å². The van der Waals surface area contributed by atoms with Crippen molar-refractivity contribution in [2.75, 3.05) is 0 Å². The van der Waals surface area contributed by atoms with E-state index in [4.69, 9.17) is 0 Å². The van der Waals surface area contributed by atoms with Crippen LogP contribution in [0.15, 0.2) is 4.79 Å². The number of aromatic nitrogens is 6. The summed E-state index contributed by atoms with van der Waals surface area (Å²) in [6.07, 6.45) is 7.46. The Hall–Kier alpha value is -1.83. The minimum Gasteiger partial charge on any atom is -0.265 e. The molecule has 104 valence electrons. The van der Waals surface area contributed by atoms with Crippen molar-refractivity contribution in [2.24, 2.45) is 5.92 Å². The van der Waals surface area contributed by atoms with Crippen LogP contribution in [0.25, 0.3) is 16.1 Å². The van der Waals surface area contributed by atoms with E-state index < -0.39 is 0 Å². The third-order valence-corrected chi connectivity index (χ3v) is 4.94. The van der Waals surface area contributed by atoms with Crippen molar-refractivity contribution in [3.63, 3.8) is 0 Å². The molecule has 8 heteroatoms. The van der Waals surface area contributed by atoms with Crippen molar-refractivity contribution >= 4 is 27.5 Å². The normalized spacial score (nSPS) is 16.6. The summed E-state index contributed by atoms with van der Waals surface area (Å²) in [4.78, 5) is 17.1. The Morgan fingerprint density at radius 1 is 1.30 bits per heavy atom. The molecule has 1 fully saturated rings. The maximum absolute atomic E-state index is 12.2. The molecule has 3 heterocycles. The zero-order chi connectivity index (χ0) is 13.5. The Kier molecular flexibility index (Phi) is 2.76. The minimum atomic E-state index is -0.248. The first kappa shape index (κ1) is 12.0. The number of nitrogens with one attached hydrogen (secondary N) is 1. The number of H-pyrrole nitrogens is 1. The summed E-state index contributed by atoms with van der Waals surface area (Å²) < 4.78 is 1.35. The standard InChI is InChI=1S/C12H14N6OS/c19-11-9-10(15-17-14-9)13-12-18(11)16-8(20-12)6-5-7-3-1-2-4-7/h7H,1-6H2,(H,14,15,17). The van der Waals surface area contributed by atoms with Gasteiger partial charge in [-0.3, -0.25) is 4.79 Å². The first-order chi connectivity index (χ1) is 9.81. The van der Waals surface area contributed by atoms with Gasteiger partial charge in [0.1, 0.15) is 5.01 Å². The Morgan fingerprint density at radius 3 is 3.00 bits per heavy atom. The largest absolute Gasteiger partial charge is 0.305 e. The number of hydrogen-bond acceptors (Lipinski definition) is 6. The second-order valence-corrected chi connectivity index (χ2v) is 6.33. The van der Waals surface area contributed by atoms with E-state index in [9.17, 15) is 4.79 Å². The summed E-state index contributed by atoms with van der Waals surface area (Å²) in [5.74, 6) is 0.825. The fourth-order valence-corrected chi connectivity index (χ4v) is 3.79. The van der Waals surface area contributed by atoms with Crippen LogP contribution in [0.3, 0.4) is 0 Å². The van der Waals surface area contributed by atoms with Gasteiger partial charge in [-0.05, 0) is 12.3 Å². The third-order valence-electron chi connectivity index (χ3n) is 3.97. The Bertz CT molecular complexity index is 812. The molecule has 1 N–H and O–H groups in total. The lowest BCUT2D eigenvalue weighted by Crippen LogP contribution is -2.15. The molecular weight excluding hydrogens is 276 g/mol. The van der Waals surface area contributed by atoms with E-state index in [0.29, 0.717) is 10.6 Å². The van der Waals surface area contributed by atoms with Gasteiger partial charge in [-0.15, -0.1) is 10.2 Å². The minimum absolute atomic E-state index is 0.246. The molecule has 0 radical (unpaired) electrons. The number of nitrogens with zero attached hydrogens (tertiary/aromatic N) is 5. The van der Waals surface area contributed by atoms with Crippen LogP contribution in [-0.4, -0.2) is 30.0 Å². The monoisotopic (exact) mass is 290 g/mol. The Labute approximate surface area is 118 Å². The Morgan fingerprint density at radius 2 is 2.15 bits per heavy atom. The van der Waals surface area contributed by atoms with Gasteiger partial charge in [0, 0.05) is 6.42 Å². The van der Waals surface area contributed by atoms with Crippen LogP contribution in [0, 0.1) is 5.92 Å². The summed E-state index contributed by atoms with van der Waals surface area (Å²) in [7, 11) is 0. The van der Waals surface area contributed by atoms with Crippen molar-refractivity contribution < 1.29 is 0 Å². The average Bonchev–Trinajstić information content (AvgIpc) is 3.16. The maximum atomic E-state index is 12.2. The molecule has 0 aliphatic heterocycles. The molecule has 0 atom stereocenters. The third kappa shape index (κ3) is 1.91. The van der Waals surface area contributed by atoms with Crippen LogP contribution < -0.4 is 5.56 Å². The summed E-state index contributed by atoms with van der Waals surface area (Å²) in [6, 6.07) is 0. The molecule has 4 rings (SSSR count). The quantitative estimate of drug-likeness (QED) is 0.790. The van der Waals surface area contributed by atoms with Crippen LogP contribution in [0.1, 0.15) is 37.1 Å². The van der Waals surface area contributed by atoms with Gasteiger partial charge in [0.15, 0.2) is 5.52 Å². The second kappa shape index (κ2) is 4.62. The smallest absolute Gasteiger partial charge is 0.265 e. The topological polar surface area (TPSA) is 88.8 Å². The lowest BCUT2D eigenvalue weighted by molar-refractivity contribution is 0.502. The van der Waals surface area contributed by atoms with Crippen LogP contribution in [-0.2, 0) is 6.42 Å². The van der Waals surface area contributed by atoms with Crippen molar-refractivity contribution in [1.29, 1.82) is 0 Å². The predicted molar refractivity (Wildman–Crippen MR) is 74.9 cm³/mol. The molecule has 0 aromatic carbocycles. The summed E-state index contributed by atoms with van der Waals surface area (Å²) >= 11 is 1.47. The van der Waals surface area contributed by atoms with Crippen LogP contribution in [0.4, 0.5) is 0 Å². The highest BCUT2D eigenvalue weighted by atomic mass is 32.1. The number of hydrogen-bond donors (Lipinski definition) is 1. The first-order valence-electron chi connectivity index (χ1n) is 6.90. The highest BCUT2D eigenvalue weighted by Crippen LogP contribution is 2.29. The molecule has 20 heavy (non-hydrogen) atoms. The molecule has 1 aliphatic rings. The molecule has 0 spiro atoms. The van der Waals surface area contributed by atoms with Crippen molar-refractivity contribution in [1.82, 2.24) is 30.0 Å². The lowest BCUT2D eigenvalue weighted by Gasteiger charge is -2.05. The number of fused-ring (bicyclic) bond motifs is 2. The molecular formula is C12H14N6OS. The van der Waals surface area contributed by atoms with Gasteiger partial charge in [-0.2, -0.15) is 19.8 Å². The van der Waals surface area contributed by atoms with E-state index in [2.05, 4.69) is 25.5 Å². The molecule has 1 saturated carbocycles. The second-order valence-electron chi connectivity index (χ2n) is 5.29. The SMILES string of the molecule is O=c1c2n[nH]nc2nc2sc(CCC3CCCC3)nn12. The van der Waals surface area contributed by atoms with Gasteiger partial charge < -0.3 is 0 Å². The van der Waals surface area contributed by atoms with Crippen molar-refractivity contribution in [3.8, 4) is 0 Å². The number of rotatable bonds is 3. The zero-order valence-corrected chi connectivity index (χ0v) is 11.7. The fourth-order valence-electron chi connectivity index (χ4n) is 2.89. The van der Waals surface area contributed by atoms with Gasteiger partial charge >= 0.3 is 5.56 Å². The van der Waals surface area contributed by atoms with Crippen LogP contribution in [0.2, 0.25) is 0 Å². The van der Waals surface area contributed by atoms with E-state index in [0.717, 1.165) is 23.8 Å². The van der Waals surface area contributed by atoms with Crippen LogP contribution in [0.5, 0.6) is 0 Å². The fraction of sp³-hybridized carbons (Fsp3) is 0.583. The maximum Gasteiger partial charge on any atom is 0.305 e. The van der Waals surface area contributed by atoms with E-state index in [1.54, 1.807) is 0 Å². The average molecular weight is 290 g/mol. The molecule has 0 amide bonds. The predicted octanol–water partition coefficient (Wildman–Crippen LogP) is 1.55. The zero-order valence-electron chi connectivity index (χ0n) is 10.9. The van der Waals surface area contributed by atoms with Gasteiger partial charge in [-0.1, -0.05) is 37.0 Å². The molecule has 3 aromatic heterocycles.